The average Bonchev–Trinajstić information content (AvgIpc) is 2.63. The number of rotatable bonds is 2. The van der Waals surface area contributed by atoms with E-state index in [1.165, 1.54) is 12.1 Å². The van der Waals surface area contributed by atoms with Gasteiger partial charge in [-0.3, -0.25) is 9.48 Å². The van der Waals surface area contributed by atoms with Crippen molar-refractivity contribution < 1.29 is 9.18 Å². The van der Waals surface area contributed by atoms with E-state index in [4.69, 9.17) is 11.6 Å². The summed E-state index contributed by atoms with van der Waals surface area (Å²) in [6.45, 7) is 0. The fourth-order valence-corrected chi connectivity index (χ4v) is 1.59. The highest BCUT2D eigenvalue weighted by Crippen LogP contribution is 2.18. The van der Waals surface area contributed by atoms with Crippen LogP contribution < -0.4 is 5.32 Å². The van der Waals surface area contributed by atoms with Crippen molar-refractivity contribution in [2.24, 2.45) is 7.05 Å². The molecule has 1 heterocycles. The maximum absolute atomic E-state index is 12.8. The number of carbonyl (C=O) groups is 1. The van der Waals surface area contributed by atoms with E-state index in [0.717, 1.165) is 6.07 Å². The highest BCUT2D eigenvalue weighted by atomic mass is 35.5. The zero-order valence-corrected chi connectivity index (χ0v) is 9.70. The monoisotopic (exact) mass is 253 g/mol. The Morgan fingerprint density at radius 3 is 2.82 bits per heavy atom. The van der Waals surface area contributed by atoms with Crippen LogP contribution in [0.25, 0.3) is 0 Å². The summed E-state index contributed by atoms with van der Waals surface area (Å²) in [5, 5.41) is 6.62. The standard InChI is InChI=1S/C11H9ClFN3O/c1-16-5-4-10(15-16)14-11(17)8-3-2-7(13)6-9(8)12/h2-6H,1H3,(H,14,15,17). The first-order valence-corrected chi connectivity index (χ1v) is 5.20. The van der Waals surface area contributed by atoms with Crippen molar-refractivity contribution in [1.29, 1.82) is 0 Å². The molecule has 88 valence electrons. The van der Waals surface area contributed by atoms with Gasteiger partial charge in [0.1, 0.15) is 5.82 Å². The first-order valence-electron chi connectivity index (χ1n) is 4.82. The van der Waals surface area contributed by atoms with Gasteiger partial charge in [0.25, 0.3) is 5.91 Å². The second-order valence-corrected chi connectivity index (χ2v) is 3.86. The summed E-state index contributed by atoms with van der Waals surface area (Å²) in [4.78, 5) is 11.8. The molecular weight excluding hydrogens is 245 g/mol. The number of nitrogens with one attached hydrogen (secondary N) is 1. The molecule has 0 saturated heterocycles. The van der Waals surface area contributed by atoms with Crippen molar-refractivity contribution >= 4 is 23.3 Å². The van der Waals surface area contributed by atoms with Crippen molar-refractivity contribution in [1.82, 2.24) is 9.78 Å². The highest BCUT2D eigenvalue weighted by molar-refractivity contribution is 6.34. The molecule has 0 saturated carbocycles. The van der Waals surface area contributed by atoms with Gasteiger partial charge in [-0.05, 0) is 18.2 Å². The van der Waals surface area contributed by atoms with Crippen LogP contribution in [0.15, 0.2) is 30.5 Å². The number of anilines is 1. The zero-order valence-electron chi connectivity index (χ0n) is 8.95. The molecule has 17 heavy (non-hydrogen) atoms. The normalized spacial score (nSPS) is 10.3. The van der Waals surface area contributed by atoms with Crippen molar-refractivity contribution in [3.05, 3.63) is 46.9 Å². The number of benzene rings is 1. The molecule has 4 nitrogen and oxygen atoms in total. The van der Waals surface area contributed by atoms with Gasteiger partial charge in [0, 0.05) is 19.3 Å². The Labute approximate surface area is 102 Å². The van der Waals surface area contributed by atoms with Gasteiger partial charge >= 0.3 is 0 Å². The smallest absolute Gasteiger partial charge is 0.258 e. The van der Waals surface area contributed by atoms with E-state index in [0.29, 0.717) is 5.82 Å². The van der Waals surface area contributed by atoms with Crippen LogP contribution in [0.4, 0.5) is 10.2 Å². The molecule has 1 aromatic heterocycles. The average molecular weight is 254 g/mol. The van der Waals surface area contributed by atoms with E-state index >= 15 is 0 Å². The first-order chi connectivity index (χ1) is 8.06. The Balaban J connectivity index is 2.20. The lowest BCUT2D eigenvalue weighted by atomic mass is 10.2. The number of amides is 1. The van der Waals surface area contributed by atoms with Crippen molar-refractivity contribution in [2.75, 3.05) is 5.32 Å². The lowest BCUT2D eigenvalue weighted by Crippen LogP contribution is -2.13. The number of aromatic nitrogens is 2. The minimum atomic E-state index is -0.482. The van der Waals surface area contributed by atoms with E-state index in [1.807, 2.05) is 0 Å². The highest BCUT2D eigenvalue weighted by Gasteiger charge is 2.12. The molecule has 0 aliphatic rings. The van der Waals surface area contributed by atoms with Gasteiger partial charge in [0.2, 0.25) is 0 Å². The SMILES string of the molecule is Cn1ccc(NC(=O)c2ccc(F)cc2Cl)n1. The molecule has 1 N–H and O–H groups in total. The van der Waals surface area contributed by atoms with E-state index in [9.17, 15) is 9.18 Å². The summed E-state index contributed by atoms with van der Waals surface area (Å²) in [7, 11) is 1.74. The Kier molecular flexibility index (Phi) is 3.10. The number of carbonyl (C=O) groups excluding carboxylic acids is 1. The molecule has 0 aliphatic heterocycles. The van der Waals surface area contributed by atoms with E-state index in [2.05, 4.69) is 10.4 Å². The Morgan fingerprint density at radius 1 is 1.47 bits per heavy atom. The van der Waals surface area contributed by atoms with Crippen LogP contribution in [-0.4, -0.2) is 15.7 Å². The van der Waals surface area contributed by atoms with Gasteiger partial charge < -0.3 is 5.32 Å². The van der Waals surface area contributed by atoms with Crippen molar-refractivity contribution in [2.45, 2.75) is 0 Å². The maximum atomic E-state index is 12.8. The lowest BCUT2D eigenvalue weighted by molar-refractivity contribution is 0.102. The topological polar surface area (TPSA) is 46.9 Å². The molecule has 1 amide bonds. The largest absolute Gasteiger partial charge is 0.305 e. The molecule has 0 fully saturated rings. The summed E-state index contributed by atoms with van der Waals surface area (Å²) in [6.07, 6.45) is 1.70. The molecule has 0 radical (unpaired) electrons. The predicted octanol–water partition coefficient (Wildman–Crippen LogP) is 2.46. The van der Waals surface area contributed by atoms with Crippen LogP contribution in [0.3, 0.4) is 0 Å². The van der Waals surface area contributed by atoms with Crippen LogP contribution >= 0.6 is 11.6 Å². The van der Waals surface area contributed by atoms with Crippen LogP contribution in [0.1, 0.15) is 10.4 Å². The van der Waals surface area contributed by atoms with Gasteiger partial charge in [-0.25, -0.2) is 4.39 Å². The van der Waals surface area contributed by atoms with Crippen LogP contribution in [-0.2, 0) is 7.05 Å². The molecule has 0 aliphatic carbocycles. The zero-order chi connectivity index (χ0) is 12.4. The van der Waals surface area contributed by atoms with E-state index in [1.54, 1.807) is 24.0 Å². The molecule has 2 aromatic rings. The molecule has 0 atom stereocenters. The fourth-order valence-electron chi connectivity index (χ4n) is 1.34. The lowest BCUT2D eigenvalue weighted by Gasteiger charge is -2.04. The van der Waals surface area contributed by atoms with Gasteiger partial charge in [0.05, 0.1) is 10.6 Å². The van der Waals surface area contributed by atoms with E-state index < -0.39 is 11.7 Å². The molecule has 0 bridgehead atoms. The second-order valence-electron chi connectivity index (χ2n) is 3.45. The van der Waals surface area contributed by atoms with Crippen LogP contribution in [0, 0.1) is 5.82 Å². The maximum Gasteiger partial charge on any atom is 0.258 e. The van der Waals surface area contributed by atoms with Crippen molar-refractivity contribution in [3.63, 3.8) is 0 Å². The Bertz CT molecular complexity index is 568. The van der Waals surface area contributed by atoms with Crippen molar-refractivity contribution in [3.8, 4) is 0 Å². The van der Waals surface area contributed by atoms with Gasteiger partial charge in [0.15, 0.2) is 5.82 Å². The molecule has 0 spiro atoms. The third-order valence-corrected chi connectivity index (χ3v) is 2.44. The number of halogens is 2. The minimum Gasteiger partial charge on any atom is -0.305 e. The molecule has 1 aromatic carbocycles. The number of nitrogens with zero attached hydrogens (tertiary/aromatic N) is 2. The summed E-state index contributed by atoms with van der Waals surface area (Å²) >= 11 is 5.77. The Morgan fingerprint density at radius 2 is 2.24 bits per heavy atom. The molecule has 2 rings (SSSR count). The number of hydrogen-bond donors (Lipinski definition) is 1. The quantitative estimate of drug-likeness (QED) is 0.894. The van der Waals surface area contributed by atoms with Crippen LogP contribution in [0.2, 0.25) is 5.02 Å². The molecule has 6 heteroatoms. The van der Waals surface area contributed by atoms with Crippen LogP contribution in [0.5, 0.6) is 0 Å². The number of aryl methyl sites for hydroxylation is 1. The fraction of sp³-hybridized carbons (Fsp3) is 0.0909. The molecular formula is C11H9ClFN3O. The van der Waals surface area contributed by atoms with E-state index in [-0.39, 0.29) is 10.6 Å². The van der Waals surface area contributed by atoms with Gasteiger partial charge in [-0.2, -0.15) is 5.10 Å². The summed E-state index contributed by atoms with van der Waals surface area (Å²) in [5.41, 5.74) is 0.207. The predicted molar refractivity (Wildman–Crippen MR) is 62.6 cm³/mol. The Hall–Kier alpha value is -1.88. The second kappa shape index (κ2) is 4.55. The molecule has 0 unspecified atom stereocenters. The third-order valence-electron chi connectivity index (χ3n) is 2.13. The van der Waals surface area contributed by atoms with Gasteiger partial charge in [-0.1, -0.05) is 11.6 Å². The number of hydrogen-bond acceptors (Lipinski definition) is 2. The van der Waals surface area contributed by atoms with Gasteiger partial charge in [-0.15, -0.1) is 0 Å². The summed E-state index contributed by atoms with van der Waals surface area (Å²) < 4.78 is 14.4. The minimum absolute atomic E-state index is 0.0680. The summed E-state index contributed by atoms with van der Waals surface area (Å²) in [5.74, 6) is -0.490. The third kappa shape index (κ3) is 2.62. The first kappa shape index (κ1) is 11.6. The summed E-state index contributed by atoms with van der Waals surface area (Å²) in [6, 6.07) is 5.25.